The van der Waals surface area contributed by atoms with E-state index in [0.29, 0.717) is 11.8 Å². The summed E-state index contributed by atoms with van der Waals surface area (Å²) in [5, 5.41) is 0. The molecule has 15 heavy (non-hydrogen) atoms. The molecule has 2 unspecified atom stereocenters. The van der Waals surface area contributed by atoms with Crippen LogP contribution in [0.2, 0.25) is 0 Å². The fourth-order valence-corrected chi connectivity index (χ4v) is 2.71. The van der Waals surface area contributed by atoms with E-state index in [1.807, 2.05) is 31.2 Å². The molecule has 0 saturated heterocycles. The van der Waals surface area contributed by atoms with E-state index in [4.69, 9.17) is 0 Å². The van der Waals surface area contributed by atoms with E-state index in [0.717, 1.165) is 10.6 Å². The summed E-state index contributed by atoms with van der Waals surface area (Å²) in [6, 6.07) is 7.98. The molecule has 0 radical (unpaired) electrons. The molecule has 0 heterocycles. The molecule has 2 atom stereocenters. The van der Waals surface area contributed by atoms with E-state index in [1.54, 1.807) is 0 Å². The molecule has 1 nitrogen and oxygen atoms in total. The lowest BCUT2D eigenvalue weighted by Crippen LogP contribution is -2.13. The maximum atomic E-state index is 12.0. The van der Waals surface area contributed by atoms with Gasteiger partial charge in [0, 0.05) is 10.6 Å². The highest BCUT2D eigenvalue weighted by Crippen LogP contribution is 2.16. The topological polar surface area (TPSA) is 17.1 Å². The average molecular weight is 224 g/mol. The summed E-state index contributed by atoms with van der Waals surface area (Å²) in [5.41, 5.74) is 1.22. The van der Waals surface area contributed by atoms with Crippen molar-refractivity contribution in [3.05, 3.63) is 29.8 Å². The Balaban J connectivity index is 2.65. The second kappa shape index (κ2) is 5.45. The summed E-state index contributed by atoms with van der Waals surface area (Å²) in [7, 11) is -0.842. The third-order valence-electron chi connectivity index (χ3n) is 2.84. The summed E-state index contributed by atoms with van der Waals surface area (Å²) in [6.07, 6.45) is 0. The molecule has 0 aliphatic carbocycles. The highest BCUT2D eigenvalue weighted by Gasteiger charge is 2.12. The summed E-state index contributed by atoms with van der Waals surface area (Å²) in [4.78, 5) is 0.952. The van der Waals surface area contributed by atoms with E-state index in [9.17, 15) is 4.21 Å². The van der Waals surface area contributed by atoms with Gasteiger partial charge < -0.3 is 0 Å². The second-order valence-corrected chi connectivity index (χ2v) is 6.04. The van der Waals surface area contributed by atoms with Crippen molar-refractivity contribution in [2.45, 2.75) is 32.6 Å². The van der Waals surface area contributed by atoms with E-state index in [1.165, 1.54) is 5.56 Å². The molecule has 0 amide bonds. The summed E-state index contributed by atoms with van der Waals surface area (Å²) in [5.74, 6) is 1.87. The third-order valence-corrected chi connectivity index (χ3v) is 4.46. The minimum Gasteiger partial charge on any atom is -0.254 e. The number of rotatable bonds is 4. The predicted molar refractivity (Wildman–Crippen MR) is 66.5 cm³/mol. The van der Waals surface area contributed by atoms with E-state index < -0.39 is 10.8 Å². The van der Waals surface area contributed by atoms with Crippen LogP contribution in [0.25, 0.3) is 0 Å². The molecule has 1 rings (SSSR count). The van der Waals surface area contributed by atoms with Gasteiger partial charge in [-0.1, -0.05) is 38.5 Å². The van der Waals surface area contributed by atoms with Gasteiger partial charge in [-0.25, -0.2) is 0 Å². The van der Waals surface area contributed by atoms with Gasteiger partial charge >= 0.3 is 0 Å². The van der Waals surface area contributed by atoms with Crippen molar-refractivity contribution >= 4 is 10.8 Å². The molecule has 0 aromatic heterocycles. The van der Waals surface area contributed by atoms with Crippen molar-refractivity contribution in [1.82, 2.24) is 0 Å². The Morgan fingerprint density at radius 2 is 1.67 bits per heavy atom. The third kappa shape index (κ3) is 3.78. The highest BCUT2D eigenvalue weighted by atomic mass is 32.2. The first kappa shape index (κ1) is 12.4. The van der Waals surface area contributed by atoms with Gasteiger partial charge in [-0.3, -0.25) is 4.21 Å². The maximum Gasteiger partial charge on any atom is 0.0532 e. The Labute approximate surface area is 95.4 Å². The van der Waals surface area contributed by atoms with Gasteiger partial charge in [0.25, 0.3) is 0 Å². The fourth-order valence-electron chi connectivity index (χ4n) is 1.22. The molecule has 0 saturated carbocycles. The first-order valence-corrected chi connectivity index (χ1v) is 6.77. The van der Waals surface area contributed by atoms with Crippen LogP contribution in [-0.2, 0) is 10.8 Å². The highest BCUT2D eigenvalue weighted by molar-refractivity contribution is 7.85. The molecule has 1 aromatic rings. The lowest BCUT2D eigenvalue weighted by atomic mass is 10.0. The molecule has 84 valence electrons. The Morgan fingerprint density at radius 3 is 2.13 bits per heavy atom. The van der Waals surface area contributed by atoms with Crippen molar-refractivity contribution < 1.29 is 4.21 Å². The Hall–Kier alpha value is -0.630. The Bertz CT molecular complexity index is 327. The Kier molecular flexibility index (Phi) is 4.52. The lowest BCUT2D eigenvalue weighted by Gasteiger charge is -2.14. The zero-order valence-corrected chi connectivity index (χ0v) is 10.8. The number of benzene rings is 1. The monoisotopic (exact) mass is 224 g/mol. The van der Waals surface area contributed by atoms with Crippen LogP contribution in [0, 0.1) is 18.8 Å². The van der Waals surface area contributed by atoms with Gasteiger partial charge in [-0.2, -0.15) is 0 Å². The zero-order chi connectivity index (χ0) is 11.4. The molecule has 0 bridgehead atoms. The van der Waals surface area contributed by atoms with Crippen LogP contribution >= 0.6 is 0 Å². The summed E-state index contributed by atoms with van der Waals surface area (Å²) >= 11 is 0. The summed E-state index contributed by atoms with van der Waals surface area (Å²) < 4.78 is 12.0. The Morgan fingerprint density at radius 1 is 1.13 bits per heavy atom. The number of aryl methyl sites for hydroxylation is 1. The predicted octanol–water partition coefficient (Wildman–Crippen LogP) is 3.39. The van der Waals surface area contributed by atoms with Gasteiger partial charge in [0.1, 0.15) is 0 Å². The first-order valence-electron chi connectivity index (χ1n) is 5.45. The minimum absolute atomic E-state index is 0.507. The lowest BCUT2D eigenvalue weighted by molar-refractivity contribution is 0.460. The summed E-state index contributed by atoms with van der Waals surface area (Å²) in [6.45, 7) is 8.56. The molecule has 1 aromatic carbocycles. The molecule has 0 spiro atoms. The maximum absolute atomic E-state index is 12.0. The molecule has 0 aliphatic heterocycles. The SMILES string of the molecule is Cc1ccc(S(=O)CC(C)C(C)C)cc1. The molecule has 2 heteroatoms. The second-order valence-electron chi connectivity index (χ2n) is 4.55. The van der Waals surface area contributed by atoms with E-state index >= 15 is 0 Å². The number of hydrogen-bond donors (Lipinski definition) is 0. The minimum atomic E-state index is -0.842. The first-order chi connectivity index (χ1) is 7.00. The van der Waals surface area contributed by atoms with Gasteiger partial charge in [-0.15, -0.1) is 0 Å². The van der Waals surface area contributed by atoms with Crippen molar-refractivity contribution in [2.75, 3.05) is 5.75 Å². The standard InChI is InChI=1S/C13H20OS/c1-10(2)12(4)9-15(14)13-7-5-11(3)6-8-13/h5-8,10,12H,9H2,1-4H3. The van der Waals surface area contributed by atoms with Gasteiger partial charge in [0.15, 0.2) is 0 Å². The van der Waals surface area contributed by atoms with Crippen LogP contribution in [0.5, 0.6) is 0 Å². The van der Waals surface area contributed by atoms with Crippen LogP contribution in [0.15, 0.2) is 29.2 Å². The van der Waals surface area contributed by atoms with Crippen LogP contribution < -0.4 is 0 Å². The van der Waals surface area contributed by atoms with Crippen LogP contribution in [0.3, 0.4) is 0 Å². The fraction of sp³-hybridized carbons (Fsp3) is 0.538. The van der Waals surface area contributed by atoms with Crippen LogP contribution in [0.4, 0.5) is 0 Å². The molecular weight excluding hydrogens is 204 g/mol. The average Bonchev–Trinajstić information content (AvgIpc) is 2.18. The number of hydrogen-bond acceptors (Lipinski definition) is 1. The smallest absolute Gasteiger partial charge is 0.0532 e. The molecule has 0 aliphatic rings. The zero-order valence-electron chi connectivity index (χ0n) is 9.99. The normalized spacial score (nSPS) is 15.3. The van der Waals surface area contributed by atoms with Gasteiger partial charge in [-0.05, 0) is 30.9 Å². The van der Waals surface area contributed by atoms with Crippen molar-refractivity contribution in [1.29, 1.82) is 0 Å². The van der Waals surface area contributed by atoms with Gasteiger partial charge in [0.2, 0.25) is 0 Å². The van der Waals surface area contributed by atoms with Gasteiger partial charge in [0.05, 0.1) is 10.8 Å². The quantitative estimate of drug-likeness (QED) is 0.766. The van der Waals surface area contributed by atoms with Crippen molar-refractivity contribution in [2.24, 2.45) is 11.8 Å². The van der Waals surface area contributed by atoms with Crippen LogP contribution in [-0.4, -0.2) is 9.96 Å². The largest absolute Gasteiger partial charge is 0.254 e. The van der Waals surface area contributed by atoms with Crippen LogP contribution in [0.1, 0.15) is 26.3 Å². The molecular formula is C13H20OS. The molecule has 0 fully saturated rings. The van der Waals surface area contributed by atoms with Crippen molar-refractivity contribution in [3.8, 4) is 0 Å². The van der Waals surface area contributed by atoms with Crippen molar-refractivity contribution in [3.63, 3.8) is 0 Å². The van der Waals surface area contributed by atoms with E-state index in [2.05, 4.69) is 20.8 Å². The van der Waals surface area contributed by atoms with E-state index in [-0.39, 0.29) is 0 Å². The molecule has 0 N–H and O–H groups in total.